The maximum absolute atomic E-state index is 12.4. The number of carbonyl (C=O) groups is 3. The highest BCUT2D eigenvalue weighted by atomic mass is 16.6. The fraction of sp³-hybridized carbons (Fsp3) is 0.897. The second kappa shape index (κ2) is 24.1. The molecule has 2 unspecified atom stereocenters. The summed E-state index contributed by atoms with van der Waals surface area (Å²) < 4.78 is 11.0. The summed E-state index contributed by atoms with van der Waals surface area (Å²) in [4.78, 5) is 36.4. The van der Waals surface area contributed by atoms with Crippen LogP contribution >= 0.6 is 0 Å². The van der Waals surface area contributed by atoms with Crippen LogP contribution in [0, 0.1) is 5.92 Å². The van der Waals surface area contributed by atoms with Crippen molar-refractivity contribution in [2.24, 2.45) is 5.92 Å². The first-order valence-electron chi connectivity index (χ1n) is 14.5. The molecule has 6 heteroatoms. The number of ether oxygens (including phenoxy) is 2. The zero-order valence-corrected chi connectivity index (χ0v) is 23.0. The zero-order valence-electron chi connectivity index (χ0n) is 23.0. The second-order valence-corrected chi connectivity index (χ2v) is 9.95. The van der Waals surface area contributed by atoms with Crippen molar-refractivity contribution in [3.63, 3.8) is 0 Å². The van der Waals surface area contributed by atoms with Gasteiger partial charge in [-0.05, 0) is 19.3 Å². The van der Waals surface area contributed by atoms with Crippen molar-refractivity contribution in [1.29, 1.82) is 0 Å². The Morgan fingerprint density at radius 3 is 1.60 bits per heavy atom. The van der Waals surface area contributed by atoms with Crippen LogP contribution in [0.3, 0.4) is 0 Å². The van der Waals surface area contributed by atoms with Gasteiger partial charge in [0.15, 0.2) is 0 Å². The number of carbonyl (C=O) groups excluding carboxylic acids is 2. The quantitative estimate of drug-likeness (QED) is 0.101. The van der Waals surface area contributed by atoms with Gasteiger partial charge in [-0.15, -0.1) is 0 Å². The molecular formula is C29H54O6. The third kappa shape index (κ3) is 21.4. The molecule has 0 aromatic heterocycles. The van der Waals surface area contributed by atoms with E-state index in [9.17, 15) is 19.5 Å². The summed E-state index contributed by atoms with van der Waals surface area (Å²) in [5.74, 6) is -2.11. The number of esters is 2. The summed E-state index contributed by atoms with van der Waals surface area (Å²) in [6, 6.07) is 0. The number of hydrogen-bond acceptors (Lipinski definition) is 5. The van der Waals surface area contributed by atoms with Gasteiger partial charge in [0.25, 0.3) is 0 Å². The lowest BCUT2D eigenvalue weighted by molar-refractivity contribution is -0.162. The largest absolute Gasteiger partial charge is 0.481 e. The fourth-order valence-corrected chi connectivity index (χ4v) is 4.23. The number of carboxylic acids is 1. The van der Waals surface area contributed by atoms with Crippen molar-refractivity contribution in [2.45, 2.75) is 155 Å². The Balaban J connectivity index is 4.65. The van der Waals surface area contributed by atoms with Gasteiger partial charge in [0.1, 0.15) is 12.7 Å². The average molecular weight is 499 g/mol. The Hall–Kier alpha value is -1.59. The highest BCUT2D eigenvalue weighted by Gasteiger charge is 2.26. The summed E-state index contributed by atoms with van der Waals surface area (Å²) in [5, 5.41) is 9.69. The molecule has 0 bridgehead atoms. The van der Waals surface area contributed by atoms with E-state index in [4.69, 9.17) is 9.47 Å². The molecular weight excluding hydrogens is 444 g/mol. The van der Waals surface area contributed by atoms with Crippen LogP contribution in [-0.2, 0) is 23.9 Å². The van der Waals surface area contributed by atoms with E-state index in [2.05, 4.69) is 20.8 Å². The molecule has 0 amide bonds. The maximum atomic E-state index is 12.4. The normalized spacial score (nSPS) is 12.8. The first-order valence-corrected chi connectivity index (χ1v) is 14.5. The number of rotatable bonds is 25. The van der Waals surface area contributed by atoms with Crippen molar-refractivity contribution in [3.8, 4) is 0 Å². The lowest BCUT2D eigenvalue weighted by Crippen LogP contribution is -2.30. The number of aliphatic carboxylic acids is 1. The Morgan fingerprint density at radius 2 is 1.09 bits per heavy atom. The summed E-state index contributed by atoms with van der Waals surface area (Å²) in [5.41, 5.74) is 0. The molecule has 0 saturated heterocycles. The van der Waals surface area contributed by atoms with Gasteiger partial charge in [0, 0.05) is 19.3 Å². The highest BCUT2D eigenvalue weighted by molar-refractivity contribution is 5.71. The van der Waals surface area contributed by atoms with Gasteiger partial charge in [0.05, 0.1) is 5.92 Å². The van der Waals surface area contributed by atoms with Crippen molar-refractivity contribution in [1.82, 2.24) is 0 Å². The molecule has 0 spiro atoms. The molecule has 0 fully saturated rings. The van der Waals surface area contributed by atoms with E-state index in [-0.39, 0.29) is 25.0 Å². The molecule has 0 aromatic rings. The molecule has 0 rings (SSSR count). The minimum Gasteiger partial charge on any atom is -0.481 e. The maximum Gasteiger partial charge on any atom is 0.306 e. The second-order valence-electron chi connectivity index (χ2n) is 9.95. The van der Waals surface area contributed by atoms with Crippen LogP contribution in [0.25, 0.3) is 0 Å². The molecule has 35 heavy (non-hydrogen) atoms. The van der Waals surface area contributed by atoms with Gasteiger partial charge in [-0.3, -0.25) is 14.4 Å². The van der Waals surface area contributed by atoms with E-state index in [1.54, 1.807) is 0 Å². The Kier molecular flexibility index (Phi) is 23.0. The van der Waals surface area contributed by atoms with Crippen molar-refractivity contribution in [3.05, 3.63) is 0 Å². The van der Waals surface area contributed by atoms with Crippen LogP contribution in [0.1, 0.15) is 149 Å². The molecule has 0 aliphatic carbocycles. The molecule has 6 nitrogen and oxygen atoms in total. The molecule has 1 N–H and O–H groups in total. The molecule has 0 aromatic carbocycles. The Morgan fingerprint density at radius 1 is 0.629 bits per heavy atom. The molecule has 0 aliphatic rings. The first-order chi connectivity index (χ1) is 16.9. The van der Waals surface area contributed by atoms with Gasteiger partial charge >= 0.3 is 17.9 Å². The smallest absolute Gasteiger partial charge is 0.306 e. The van der Waals surface area contributed by atoms with E-state index in [0.717, 1.165) is 70.6 Å². The van der Waals surface area contributed by atoms with Crippen LogP contribution in [-0.4, -0.2) is 35.7 Å². The summed E-state index contributed by atoms with van der Waals surface area (Å²) >= 11 is 0. The van der Waals surface area contributed by atoms with Crippen molar-refractivity contribution in [2.75, 3.05) is 6.61 Å². The summed E-state index contributed by atoms with van der Waals surface area (Å²) in [6.45, 7) is 6.40. The molecule has 0 radical (unpaired) electrons. The number of unbranched alkanes of at least 4 members (excludes halogenated alkanes) is 13. The topological polar surface area (TPSA) is 89.9 Å². The first kappa shape index (κ1) is 33.4. The molecule has 206 valence electrons. The lowest BCUT2D eigenvalue weighted by Gasteiger charge is -2.22. The van der Waals surface area contributed by atoms with Crippen LogP contribution in [0.15, 0.2) is 0 Å². The minimum atomic E-state index is -0.878. The zero-order chi connectivity index (χ0) is 26.2. The Bertz CT molecular complexity index is 533. The SMILES string of the molecule is CCCCCCCCCC(=O)OC(COC(=O)CCCCCCC)CC(CCCCCC)C(=O)O. The van der Waals surface area contributed by atoms with Crippen molar-refractivity contribution < 1.29 is 29.0 Å². The third-order valence-electron chi connectivity index (χ3n) is 6.50. The van der Waals surface area contributed by atoms with E-state index in [0.29, 0.717) is 19.3 Å². The predicted octanol–water partition coefficient (Wildman–Crippen LogP) is 8.00. The van der Waals surface area contributed by atoms with Gasteiger partial charge in [-0.2, -0.15) is 0 Å². The fourth-order valence-electron chi connectivity index (χ4n) is 4.23. The number of carboxylic acid groups (broad SMARTS) is 1. The molecule has 0 heterocycles. The van der Waals surface area contributed by atoms with Crippen LogP contribution < -0.4 is 0 Å². The van der Waals surface area contributed by atoms with E-state index >= 15 is 0 Å². The van der Waals surface area contributed by atoms with Gasteiger partial charge in [0.2, 0.25) is 0 Å². The third-order valence-corrected chi connectivity index (χ3v) is 6.50. The van der Waals surface area contributed by atoms with Gasteiger partial charge in [-0.25, -0.2) is 0 Å². The highest BCUT2D eigenvalue weighted by Crippen LogP contribution is 2.20. The molecule has 0 aliphatic heterocycles. The monoisotopic (exact) mass is 498 g/mol. The van der Waals surface area contributed by atoms with Crippen LogP contribution in [0.5, 0.6) is 0 Å². The summed E-state index contributed by atoms with van der Waals surface area (Å²) in [6.07, 6.45) is 17.7. The minimum absolute atomic E-state index is 0.0602. The molecule has 2 atom stereocenters. The predicted molar refractivity (Wildman–Crippen MR) is 141 cm³/mol. The average Bonchev–Trinajstić information content (AvgIpc) is 2.83. The van der Waals surface area contributed by atoms with E-state index in [1.165, 1.54) is 32.1 Å². The summed E-state index contributed by atoms with van der Waals surface area (Å²) in [7, 11) is 0. The number of hydrogen-bond donors (Lipinski definition) is 1. The van der Waals surface area contributed by atoms with Gasteiger partial charge in [-0.1, -0.05) is 111 Å². The van der Waals surface area contributed by atoms with E-state index < -0.39 is 18.0 Å². The van der Waals surface area contributed by atoms with Crippen LogP contribution in [0.2, 0.25) is 0 Å². The van der Waals surface area contributed by atoms with Gasteiger partial charge < -0.3 is 14.6 Å². The standard InChI is InChI=1S/C29H54O6/c1-4-7-10-13-14-16-19-22-28(31)35-26(23-25(29(32)33)20-17-12-9-6-3)24-34-27(30)21-18-15-11-8-5-2/h25-26H,4-24H2,1-3H3,(H,32,33). The van der Waals surface area contributed by atoms with E-state index in [1.807, 2.05) is 0 Å². The lowest BCUT2D eigenvalue weighted by atomic mass is 9.95. The molecule has 0 saturated carbocycles. The Labute approximate surface area is 214 Å². The van der Waals surface area contributed by atoms with Crippen molar-refractivity contribution >= 4 is 17.9 Å². The van der Waals surface area contributed by atoms with Crippen LogP contribution in [0.4, 0.5) is 0 Å².